The number of likely N-dealkylation sites (tertiary alicyclic amines) is 1. The maximum absolute atomic E-state index is 12.2. The molecule has 5 heteroatoms. The maximum atomic E-state index is 12.2. The Morgan fingerprint density at radius 2 is 2.09 bits per heavy atom. The number of carbonyl (C=O) groups excluding carboxylic acids is 1. The van der Waals surface area contributed by atoms with Crippen LogP contribution in [0.4, 0.5) is 5.69 Å². The highest BCUT2D eigenvalue weighted by Crippen LogP contribution is 2.17. The van der Waals surface area contributed by atoms with Crippen molar-refractivity contribution in [2.24, 2.45) is 0 Å². The van der Waals surface area contributed by atoms with E-state index in [0.717, 1.165) is 42.7 Å². The zero-order valence-electron chi connectivity index (χ0n) is 14.2. The number of rotatable bonds is 7. The van der Waals surface area contributed by atoms with Crippen LogP contribution in [0.1, 0.15) is 30.4 Å². The molecule has 1 aliphatic rings. The normalized spacial score (nSPS) is 16.5. The lowest BCUT2D eigenvalue weighted by Crippen LogP contribution is -2.41. The zero-order valence-corrected chi connectivity index (χ0v) is 14.2. The number of anilines is 1. The second-order valence-corrected chi connectivity index (χ2v) is 6.29. The summed E-state index contributed by atoms with van der Waals surface area (Å²) in [6.45, 7) is 7.01. The number of aliphatic hydroxyl groups excluding tert-OH is 1. The molecule has 0 spiro atoms. The minimum absolute atomic E-state index is 0.0401. The Balaban J connectivity index is 1.73. The van der Waals surface area contributed by atoms with Crippen LogP contribution in [0.3, 0.4) is 0 Å². The van der Waals surface area contributed by atoms with Gasteiger partial charge in [-0.15, -0.1) is 0 Å². The Bertz CT molecular complexity index is 511. The number of nitrogens with one attached hydrogen (secondary N) is 1. The molecule has 0 aliphatic carbocycles. The second-order valence-electron chi connectivity index (χ2n) is 6.29. The van der Waals surface area contributed by atoms with E-state index in [1.54, 1.807) is 0 Å². The van der Waals surface area contributed by atoms with E-state index in [1.807, 2.05) is 32.0 Å². The minimum Gasteiger partial charge on any atom is -0.396 e. The molecule has 1 heterocycles. The predicted octanol–water partition coefficient (Wildman–Crippen LogP) is 2.11. The molecule has 1 amide bonds. The topological polar surface area (TPSA) is 61.8 Å². The second kappa shape index (κ2) is 9.01. The van der Waals surface area contributed by atoms with Crippen molar-refractivity contribution in [3.8, 4) is 0 Å². The molecule has 23 heavy (non-hydrogen) atoms. The van der Waals surface area contributed by atoms with E-state index in [2.05, 4.69) is 10.2 Å². The summed E-state index contributed by atoms with van der Waals surface area (Å²) in [6, 6.07) is 6.08. The minimum atomic E-state index is 0.0401. The summed E-state index contributed by atoms with van der Waals surface area (Å²) in [5, 5.41) is 11.8. The Kier molecular flexibility index (Phi) is 7.02. The number of hydrogen-bond acceptors (Lipinski definition) is 4. The van der Waals surface area contributed by atoms with Gasteiger partial charge in [-0.2, -0.15) is 0 Å². The summed E-state index contributed by atoms with van der Waals surface area (Å²) in [4.78, 5) is 14.4. The van der Waals surface area contributed by atoms with E-state index < -0.39 is 0 Å². The summed E-state index contributed by atoms with van der Waals surface area (Å²) in [6.07, 6.45) is 2.85. The summed E-state index contributed by atoms with van der Waals surface area (Å²) < 4.78 is 5.71. The lowest BCUT2D eigenvalue weighted by molar-refractivity contribution is -0.118. The Labute approximate surface area is 138 Å². The third kappa shape index (κ3) is 5.94. The van der Waals surface area contributed by atoms with Gasteiger partial charge in [-0.1, -0.05) is 12.1 Å². The van der Waals surface area contributed by atoms with Gasteiger partial charge in [-0.3, -0.25) is 9.69 Å². The molecule has 0 radical (unpaired) electrons. The molecule has 5 nitrogen and oxygen atoms in total. The van der Waals surface area contributed by atoms with Gasteiger partial charge in [0, 0.05) is 32.0 Å². The molecule has 1 aromatic carbocycles. The maximum Gasteiger partial charge on any atom is 0.238 e. The van der Waals surface area contributed by atoms with Gasteiger partial charge in [0.05, 0.1) is 12.6 Å². The van der Waals surface area contributed by atoms with Crippen LogP contribution in [0.2, 0.25) is 0 Å². The fourth-order valence-corrected chi connectivity index (χ4v) is 2.81. The van der Waals surface area contributed by atoms with Crippen molar-refractivity contribution < 1.29 is 14.6 Å². The molecule has 0 unspecified atom stereocenters. The van der Waals surface area contributed by atoms with Crippen LogP contribution in [0.5, 0.6) is 0 Å². The van der Waals surface area contributed by atoms with Crippen molar-refractivity contribution in [3.05, 3.63) is 29.3 Å². The first-order valence-electron chi connectivity index (χ1n) is 8.40. The number of hydrogen-bond donors (Lipinski definition) is 2. The largest absolute Gasteiger partial charge is 0.396 e. The Morgan fingerprint density at radius 3 is 2.78 bits per heavy atom. The summed E-state index contributed by atoms with van der Waals surface area (Å²) in [5.74, 6) is 0.0401. The lowest BCUT2D eigenvalue weighted by Gasteiger charge is -2.31. The highest BCUT2D eigenvalue weighted by atomic mass is 16.5. The summed E-state index contributed by atoms with van der Waals surface area (Å²) >= 11 is 0. The van der Waals surface area contributed by atoms with Crippen LogP contribution in [0.25, 0.3) is 0 Å². The average Bonchev–Trinajstić information content (AvgIpc) is 2.53. The van der Waals surface area contributed by atoms with E-state index in [9.17, 15) is 4.79 Å². The number of amides is 1. The summed E-state index contributed by atoms with van der Waals surface area (Å²) in [7, 11) is 0. The highest BCUT2D eigenvalue weighted by molar-refractivity contribution is 5.93. The van der Waals surface area contributed by atoms with Gasteiger partial charge < -0.3 is 15.2 Å². The fraction of sp³-hybridized carbons (Fsp3) is 0.611. The molecular weight excluding hydrogens is 292 g/mol. The molecule has 0 atom stereocenters. The van der Waals surface area contributed by atoms with Crippen LogP contribution >= 0.6 is 0 Å². The van der Waals surface area contributed by atoms with Gasteiger partial charge in [0.1, 0.15) is 0 Å². The van der Waals surface area contributed by atoms with Gasteiger partial charge in [-0.05, 0) is 50.3 Å². The van der Waals surface area contributed by atoms with Crippen molar-refractivity contribution in [3.63, 3.8) is 0 Å². The van der Waals surface area contributed by atoms with Gasteiger partial charge in [0.15, 0.2) is 0 Å². The molecule has 128 valence electrons. The van der Waals surface area contributed by atoms with Crippen molar-refractivity contribution >= 4 is 11.6 Å². The van der Waals surface area contributed by atoms with Crippen molar-refractivity contribution in [1.82, 2.24) is 4.90 Å². The number of benzene rings is 1. The standard InChI is InChI=1S/C18H28N2O3/c1-14-4-5-15(2)17(12-14)19-18(22)13-20-8-6-16(7-9-20)23-11-3-10-21/h4-5,12,16,21H,3,6-11,13H2,1-2H3,(H,19,22). The smallest absolute Gasteiger partial charge is 0.238 e. The van der Waals surface area contributed by atoms with E-state index in [-0.39, 0.29) is 18.6 Å². The number of aliphatic hydroxyl groups is 1. The van der Waals surface area contributed by atoms with E-state index in [1.165, 1.54) is 0 Å². The predicted molar refractivity (Wildman–Crippen MR) is 91.7 cm³/mol. The molecule has 0 aromatic heterocycles. The van der Waals surface area contributed by atoms with Gasteiger partial charge in [0.25, 0.3) is 0 Å². The van der Waals surface area contributed by atoms with E-state index in [4.69, 9.17) is 9.84 Å². The number of carbonyl (C=O) groups is 1. The summed E-state index contributed by atoms with van der Waals surface area (Å²) in [5.41, 5.74) is 3.13. The molecule has 2 N–H and O–H groups in total. The molecule has 1 aromatic rings. The van der Waals surface area contributed by atoms with Gasteiger partial charge >= 0.3 is 0 Å². The monoisotopic (exact) mass is 320 g/mol. The van der Waals surface area contributed by atoms with Gasteiger partial charge in [0.2, 0.25) is 5.91 Å². The molecular formula is C18H28N2O3. The molecule has 0 saturated carbocycles. The van der Waals surface area contributed by atoms with Crippen LogP contribution in [-0.4, -0.2) is 54.9 Å². The number of aryl methyl sites for hydroxylation is 2. The molecule has 0 bridgehead atoms. The van der Waals surface area contributed by atoms with Crippen LogP contribution in [0, 0.1) is 13.8 Å². The quantitative estimate of drug-likeness (QED) is 0.755. The fourth-order valence-electron chi connectivity index (χ4n) is 2.81. The van der Waals surface area contributed by atoms with Crippen molar-refractivity contribution in [2.45, 2.75) is 39.2 Å². The number of piperidine rings is 1. The van der Waals surface area contributed by atoms with E-state index in [0.29, 0.717) is 19.6 Å². The molecule has 1 saturated heterocycles. The molecule has 2 rings (SSSR count). The third-order valence-corrected chi connectivity index (χ3v) is 4.22. The van der Waals surface area contributed by atoms with Crippen LogP contribution in [0.15, 0.2) is 18.2 Å². The highest BCUT2D eigenvalue weighted by Gasteiger charge is 2.21. The lowest BCUT2D eigenvalue weighted by atomic mass is 10.1. The van der Waals surface area contributed by atoms with Crippen LogP contribution in [-0.2, 0) is 9.53 Å². The average molecular weight is 320 g/mol. The van der Waals surface area contributed by atoms with Crippen molar-refractivity contribution in [2.75, 3.05) is 38.2 Å². The first kappa shape index (κ1) is 17.9. The molecule has 1 aliphatic heterocycles. The number of nitrogens with zero attached hydrogens (tertiary/aromatic N) is 1. The zero-order chi connectivity index (χ0) is 16.7. The molecule has 1 fully saturated rings. The Morgan fingerprint density at radius 1 is 1.35 bits per heavy atom. The SMILES string of the molecule is Cc1ccc(C)c(NC(=O)CN2CCC(OCCCO)CC2)c1. The third-order valence-electron chi connectivity index (χ3n) is 4.22. The first-order chi connectivity index (χ1) is 11.1. The van der Waals surface area contributed by atoms with Crippen molar-refractivity contribution in [1.29, 1.82) is 0 Å². The Hall–Kier alpha value is -1.43. The first-order valence-corrected chi connectivity index (χ1v) is 8.40. The van der Waals surface area contributed by atoms with Crippen LogP contribution < -0.4 is 5.32 Å². The number of ether oxygens (including phenoxy) is 1. The van der Waals surface area contributed by atoms with Gasteiger partial charge in [-0.25, -0.2) is 0 Å². The van der Waals surface area contributed by atoms with E-state index >= 15 is 0 Å².